The van der Waals surface area contributed by atoms with Gasteiger partial charge in [0.05, 0.1) is 12.9 Å². The number of rotatable bonds is 3. The van der Waals surface area contributed by atoms with Crippen molar-refractivity contribution in [2.75, 3.05) is 12.9 Å². The first kappa shape index (κ1) is 12.0. The van der Waals surface area contributed by atoms with E-state index in [0.717, 1.165) is 25.0 Å². The molecule has 0 bridgehead atoms. The van der Waals surface area contributed by atoms with Gasteiger partial charge in [0.2, 0.25) is 0 Å². The highest BCUT2D eigenvalue weighted by molar-refractivity contribution is 7.85. The Labute approximate surface area is 87.0 Å². The lowest BCUT2D eigenvalue weighted by molar-refractivity contribution is 0.102. The van der Waals surface area contributed by atoms with Crippen molar-refractivity contribution in [2.45, 2.75) is 39.5 Å². The predicted molar refractivity (Wildman–Crippen MR) is 56.5 cm³/mol. The van der Waals surface area contributed by atoms with Crippen LogP contribution < -0.4 is 0 Å². The molecule has 0 atom stereocenters. The van der Waals surface area contributed by atoms with E-state index in [1.165, 1.54) is 12.8 Å². The van der Waals surface area contributed by atoms with E-state index < -0.39 is 10.1 Å². The molecule has 1 rings (SSSR count). The van der Waals surface area contributed by atoms with Gasteiger partial charge in [0.25, 0.3) is 10.1 Å². The van der Waals surface area contributed by atoms with E-state index in [2.05, 4.69) is 13.8 Å². The van der Waals surface area contributed by atoms with Crippen molar-refractivity contribution in [1.82, 2.24) is 0 Å². The van der Waals surface area contributed by atoms with Crippen molar-refractivity contribution in [3.8, 4) is 0 Å². The largest absolute Gasteiger partial charge is 0.270 e. The Kier molecular flexibility index (Phi) is 3.58. The molecular weight excluding hydrogens is 200 g/mol. The van der Waals surface area contributed by atoms with Gasteiger partial charge in [0, 0.05) is 0 Å². The van der Waals surface area contributed by atoms with Crippen LogP contribution in [-0.4, -0.2) is 21.3 Å². The monoisotopic (exact) mass is 220 g/mol. The lowest BCUT2D eigenvalue weighted by Gasteiger charge is -2.35. The van der Waals surface area contributed by atoms with Crippen LogP contribution in [0.2, 0.25) is 0 Å². The molecule has 0 aromatic carbocycles. The zero-order valence-corrected chi connectivity index (χ0v) is 10.1. The fourth-order valence-corrected chi connectivity index (χ4v) is 2.35. The van der Waals surface area contributed by atoms with Gasteiger partial charge in [-0.3, -0.25) is 4.18 Å². The molecule has 1 aliphatic carbocycles. The highest BCUT2D eigenvalue weighted by Crippen LogP contribution is 2.38. The van der Waals surface area contributed by atoms with Gasteiger partial charge >= 0.3 is 0 Å². The third kappa shape index (κ3) is 3.96. The SMILES string of the molecule is CC1CCC(C)(COS(C)(=O)=O)CC1. The van der Waals surface area contributed by atoms with E-state index in [9.17, 15) is 8.42 Å². The Morgan fingerprint density at radius 2 is 1.86 bits per heavy atom. The highest BCUT2D eigenvalue weighted by Gasteiger charge is 2.30. The molecule has 0 heterocycles. The number of hydrogen-bond acceptors (Lipinski definition) is 3. The van der Waals surface area contributed by atoms with Gasteiger partial charge in [-0.05, 0) is 24.2 Å². The molecule has 0 aliphatic heterocycles. The van der Waals surface area contributed by atoms with Crippen LogP contribution in [0.5, 0.6) is 0 Å². The normalized spacial score (nSPS) is 34.4. The first-order valence-electron chi connectivity index (χ1n) is 5.15. The molecule has 0 aromatic heterocycles. The zero-order valence-electron chi connectivity index (χ0n) is 9.25. The van der Waals surface area contributed by atoms with Crippen LogP contribution in [0.25, 0.3) is 0 Å². The Bertz CT molecular complexity index is 274. The molecule has 4 heteroatoms. The fraction of sp³-hybridized carbons (Fsp3) is 1.00. The summed E-state index contributed by atoms with van der Waals surface area (Å²) >= 11 is 0. The molecule has 84 valence electrons. The Morgan fingerprint density at radius 1 is 1.36 bits per heavy atom. The summed E-state index contributed by atoms with van der Waals surface area (Å²) in [6.07, 6.45) is 5.63. The van der Waals surface area contributed by atoms with Crippen LogP contribution in [0, 0.1) is 11.3 Å². The third-order valence-electron chi connectivity index (χ3n) is 3.10. The Morgan fingerprint density at radius 3 is 2.29 bits per heavy atom. The second kappa shape index (κ2) is 4.19. The Balaban J connectivity index is 2.43. The highest BCUT2D eigenvalue weighted by atomic mass is 32.2. The molecule has 0 saturated heterocycles. The van der Waals surface area contributed by atoms with Crippen molar-refractivity contribution in [3.05, 3.63) is 0 Å². The summed E-state index contributed by atoms with van der Waals surface area (Å²) in [7, 11) is -3.28. The average Bonchev–Trinajstić information content (AvgIpc) is 2.07. The maximum atomic E-state index is 10.9. The summed E-state index contributed by atoms with van der Waals surface area (Å²) in [6, 6.07) is 0. The summed E-state index contributed by atoms with van der Waals surface area (Å²) in [4.78, 5) is 0. The molecule has 1 fully saturated rings. The third-order valence-corrected chi connectivity index (χ3v) is 3.65. The van der Waals surface area contributed by atoms with Gasteiger partial charge in [-0.1, -0.05) is 26.7 Å². The molecule has 3 nitrogen and oxygen atoms in total. The summed E-state index contributed by atoms with van der Waals surface area (Å²) in [5.74, 6) is 0.779. The van der Waals surface area contributed by atoms with Gasteiger partial charge < -0.3 is 0 Å². The van der Waals surface area contributed by atoms with Gasteiger partial charge in [0.1, 0.15) is 0 Å². The molecular formula is C10H20O3S. The van der Waals surface area contributed by atoms with E-state index in [1.807, 2.05) is 0 Å². The van der Waals surface area contributed by atoms with Crippen LogP contribution in [0.3, 0.4) is 0 Å². The van der Waals surface area contributed by atoms with Gasteiger partial charge in [0.15, 0.2) is 0 Å². The minimum absolute atomic E-state index is 0.0651. The van der Waals surface area contributed by atoms with Gasteiger partial charge in [-0.25, -0.2) is 0 Å². The molecule has 0 spiro atoms. The standard InChI is InChI=1S/C10H20O3S/c1-9-4-6-10(2,7-5-9)8-13-14(3,11)12/h9H,4-8H2,1-3H3. The van der Waals surface area contributed by atoms with Crippen LogP contribution in [-0.2, 0) is 14.3 Å². The van der Waals surface area contributed by atoms with Gasteiger partial charge in [-0.15, -0.1) is 0 Å². The second-order valence-electron chi connectivity index (χ2n) is 4.96. The quantitative estimate of drug-likeness (QED) is 0.685. The van der Waals surface area contributed by atoms with Crippen LogP contribution >= 0.6 is 0 Å². The second-order valence-corrected chi connectivity index (χ2v) is 6.60. The molecule has 0 radical (unpaired) electrons. The summed E-state index contributed by atoms with van der Waals surface area (Å²) in [6.45, 7) is 4.71. The smallest absolute Gasteiger partial charge is 0.264 e. The minimum Gasteiger partial charge on any atom is -0.270 e. The van der Waals surface area contributed by atoms with Crippen molar-refractivity contribution in [3.63, 3.8) is 0 Å². The first-order valence-corrected chi connectivity index (χ1v) is 6.97. The van der Waals surface area contributed by atoms with E-state index in [4.69, 9.17) is 4.18 Å². The molecule has 0 aromatic rings. The van der Waals surface area contributed by atoms with Crippen molar-refractivity contribution >= 4 is 10.1 Å². The number of hydrogen-bond donors (Lipinski definition) is 0. The first-order chi connectivity index (χ1) is 6.31. The topological polar surface area (TPSA) is 43.4 Å². The van der Waals surface area contributed by atoms with Crippen LogP contribution in [0.15, 0.2) is 0 Å². The summed E-state index contributed by atoms with van der Waals surface area (Å²) < 4.78 is 26.6. The van der Waals surface area contributed by atoms with E-state index >= 15 is 0 Å². The van der Waals surface area contributed by atoms with E-state index in [0.29, 0.717) is 6.61 Å². The molecule has 14 heavy (non-hydrogen) atoms. The lowest BCUT2D eigenvalue weighted by atomic mass is 9.73. The van der Waals surface area contributed by atoms with E-state index in [1.54, 1.807) is 0 Å². The van der Waals surface area contributed by atoms with Crippen molar-refractivity contribution in [1.29, 1.82) is 0 Å². The molecule has 0 unspecified atom stereocenters. The maximum Gasteiger partial charge on any atom is 0.264 e. The lowest BCUT2D eigenvalue weighted by Crippen LogP contribution is -2.29. The average molecular weight is 220 g/mol. The van der Waals surface area contributed by atoms with Gasteiger partial charge in [-0.2, -0.15) is 8.42 Å². The molecule has 1 saturated carbocycles. The summed E-state index contributed by atoms with van der Waals surface area (Å²) in [5.41, 5.74) is 0.0651. The predicted octanol–water partition coefficient (Wildman–Crippen LogP) is 2.18. The van der Waals surface area contributed by atoms with Crippen molar-refractivity contribution < 1.29 is 12.6 Å². The maximum absolute atomic E-state index is 10.9. The van der Waals surface area contributed by atoms with E-state index in [-0.39, 0.29) is 5.41 Å². The van der Waals surface area contributed by atoms with Crippen LogP contribution in [0.4, 0.5) is 0 Å². The minimum atomic E-state index is -3.28. The molecule has 0 amide bonds. The molecule has 1 aliphatic rings. The summed E-state index contributed by atoms with van der Waals surface area (Å²) in [5, 5.41) is 0. The zero-order chi connectivity index (χ0) is 10.8. The Hall–Kier alpha value is -0.0900. The fourth-order valence-electron chi connectivity index (χ4n) is 1.85. The van der Waals surface area contributed by atoms with Crippen molar-refractivity contribution in [2.24, 2.45) is 11.3 Å². The van der Waals surface area contributed by atoms with Crippen LogP contribution in [0.1, 0.15) is 39.5 Å². The molecule has 0 N–H and O–H groups in total.